The van der Waals surface area contributed by atoms with E-state index in [1.165, 1.54) is 0 Å². The Balaban J connectivity index is 1.73. The van der Waals surface area contributed by atoms with Crippen LogP contribution in [-0.4, -0.2) is 28.9 Å². The summed E-state index contributed by atoms with van der Waals surface area (Å²) in [5.74, 6) is 0. The number of aryl methyl sites for hydroxylation is 1. The van der Waals surface area contributed by atoms with Crippen molar-refractivity contribution in [2.75, 3.05) is 13.2 Å². The summed E-state index contributed by atoms with van der Waals surface area (Å²) in [5, 5.41) is 14.2. The van der Waals surface area contributed by atoms with Crippen molar-refractivity contribution in [3.63, 3.8) is 0 Å². The van der Waals surface area contributed by atoms with Crippen LogP contribution in [0.15, 0.2) is 0 Å². The fourth-order valence-corrected chi connectivity index (χ4v) is 2.94. The minimum absolute atomic E-state index is 0.198. The van der Waals surface area contributed by atoms with Crippen molar-refractivity contribution in [3.8, 4) is 0 Å². The van der Waals surface area contributed by atoms with Gasteiger partial charge in [0.2, 0.25) is 0 Å². The van der Waals surface area contributed by atoms with E-state index in [0.29, 0.717) is 0 Å². The first kappa shape index (κ1) is 13.9. The first-order valence-electron chi connectivity index (χ1n) is 6.73. The van der Waals surface area contributed by atoms with Crippen molar-refractivity contribution in [2.45, 2.75) is 58.1 Å². The van der Waals surface area contributed by atoms with Gasteiger partial charge in [0, 0.05) is 18.6 Å². The van der Waals surface area contributed by atoms with Crippen LogP contribution >= 0.6 is 11.3 Å². The summed E-state index contributed by atoms with van der Waals surface area (Å²) < 4.78 is 5.62. The molecule has 102 valence electrons. The molecule has 0 saturated carbocycles. The van der Waals surface area contributed by atoms with Crippen molar-refractivity contribution in [1.82, 2.24) is 15.5 Å². The van der Waals surface area contributed by atoms with Crippen molar-refractivity contribution < 1.29 is 4.74 Å². The normalized spacial score (nSPS) is 20.5. The minimum Gasteiger partial charge on any atom is -0.371 e. The topological polar surface area (TPSA) is 47.0 Å². The molecular weight excluding hydrogens is 246 g/mol. The van der Waals surface area contributed by atoms with E-state index < -0.39 is 0 Å². The molecule has 1 aliphatic rings. The van der Waals surface area contributed by atoms with Crippen LogP contribution in [0.3, 0.4) is 0 Å². The third-order valence-electron chi connectivity index (χ3n) is 2.91. The van der Waals surface area contributed by atoms with Gasteiger partial charge in [0.05, 0.1) is 0 Å². The Morgan fingerprint density at radius 3 is 2.89 bits per heavy atom. The van der Waals surface area contributed by atoms with E-state index in [9.17, 15) is 0 Å². The lowest BCUT2D eigenvalue weighted by Gasteiger charge is -2.20. The summed E-state index contributed by atoms with van der Waals surface area (Å²) >= 11 is 1.71. The van der Waals surface area contributed by atoms with Crippen LogP contribution in [0.2, 0.25) is 0 Å². The van der Waals surface area contributed by atoms with Crippen LogP contribution < -0.4 is 5.32 Å². The molecule has 1 aromatic heterocycles. The van der Waals surface area contributed by atoms with Gasteiger partial charge in [0.25, 0.3) is 0 Å². The van der Waals surface area contributed by atoms with Crippen LogP contribution in [0.5, 0.6) is 0 Å². The van der Waals surface area contributed by atoms with Crippen LogP contribution in [0.1, 0.15) is 56.2 Å². The summed E-state index contributed by atoms with van der Waals surface area (Å²) in [5.41, 5.74) is 0.198. The molecule has 1 fully saturated rings. The second kappa shape index (κ2) is 6.08. The summed E-state index contributed by atoms with van der Waals surface area (Å²) in [7, 11) is 0. The molecule has 0 amide bonds. The third-order valence-corrected chi connectivity index (χ3v) is 3.99. The first-order chi connectivity index (χ1) is 8.54. The Morgan fingerprint density at radius 2 is 2.22 bits per heavy atom. The molecular formula is C13H23N3OS. The summed E-state index contributed by atoms with van der Waals surface area (Å²) in [6.45, 7) is 8.46. The first-order valence-corrected chi connectivity index (χ1v) is 7.55. The van der Waals surface area contributed by atoms with Crippen molar-refractivity contribution in [1.29, 1.82) is 0 Å². The van der Waals surface area contributed by atoms with Crippen LogP contribution in [0.25, 0.3) is 0 Å². The Kier molecular flexibility index (Phi) is 4.70. The molecule has 18 heavy (non-hydrogen) atoms. The number of aromatic nitrogens is 2. The molecule has 1 atom stereocenters. The molecule has 4 nitrogen and oxygen atoms in total. The quantitative estimate of drug-likeness (QED) is 0.835. The highest BCUT2D eigenvalue weighted by molar-refractivity contribution is 7.11. The highest BCUT2D eigenvalue weighted by atomic mass is 32.1. The Labute approximate surface area is 113 Å². The van der Waals surface area contributed by atoms with E-state index in [0.717, 1.165) is 48.9 Å². The SMILES string of the molecule is CC(C)(C)NCCCc1nnc(C2CCCO2)s1. The fraction of sp³-hybridized carbons (Fsp3) is 0.846. The van der Waals surface area contributed by atoms with Gasteiger partial charge >= 0.3 is 0 Å². The van der Waals surface area contributed by atoms with Crippen molar-refractivity contribution in [2.24, 2.45) is 0 Å². The number of hydrogen-bond acceptors (Lipinski definition) is 5. The average Bonchev–Trinajstić information content (AvgIpc) is 2.93. The van der Waals surface area contributed by atoms with Gasteiger partial charge in [-0.1, -0.05) is 11.3 Å². The predicted octanol–water partition coefficient (Wildman–Crippen LogP) is 2.71. The summed E-state index contributed by atoms with van der Waals surface area (Å²) in [4.78, 5) is 0. The molecule has 2 rings (SSSR count). The Hall–Kier alpha value is -0.520. The maximum Gasteiger partial charge on any atom is 0.146 e. The zero-order chi connectivity index (χ0) is 13.0. The Bertz CT molecular complexity index is 367. The van der Waals surface area contributed by atoms with Gasteiger partial charge in [0.15, 0.2) is 0 Å². The van der Waals surface area contributed by atoms with Crippen LogP contribution in [0.4, 0.5) is 0 Å². The van der Waals surface area contributed by atoms with Gasteiger partial charge < -0.3 is 10.1 Å². The van der Waals surface area contributed by atoms with E-state index in [1.807, 2.05) is 0 Å². The number of ether oxygens (including phenoxy) is 1. The predicted molar refractivity (Wildman–Crippen MR) is 73.9 cm³/mol. The van der Waals surface area contributed by atoms with E-state index in [4.69, 9.17) is 4.74 Å². The maximum atomic E-state index is 5.62. The number of rotatable bonds is 5. The van der Waals surface area contributed by atoms with Gasteiger partial charge in [-0.2, -0.15) is 0 Å². The smallest absolute Gasteiger partial charge is 0.146 e. The maximum absolute atomic E-state index is 5.62. The largest absolute Gasteiger partial charge is 0.371 e. The monoisotopic (exact) mass is 269 g/mol. The number of hydrogen-bond donors (Lipinski definition) is 1. The molecule has 1 N–H and O–H groups in total. The fourth-order valence-electron chi connectivity index (χ4n) is 1.97. The molecule has 0 aliphatic carbocycles. The second-order valence-electron chi connectivity index (χ2n) is 5.82. The van der Waals surface area contributed by atoms with Gasteiger partial charge in [-0.05, 0) is 46.6 Å². The highest BCUT2D eigenvalue weighted by Gasteiger charge is 2.21. The molecule has 1 unspecified atom stereocenters. The standard InChI is InChI=1S/C13H23N3OS/c1-13(2,3)14-8-4-7-11-15-16-12(18-11)10-6-5-9-17-10/h10,14H,4-9H2,1-3H3. The van der Waals surface area contributed by atoms with E-state index >= 15 is 0 Å². The zero-order valence-corrected chi connectivity index (χ0v) is 12.3. The van der Waals surface area contributed by atoms with Crippen molar-refractivity contribution in [3.05, 3.63) is 10.0 Å². The van der Waals surface area contributed by atoms with E-state index in [1.54, 1.807) is 11.3 Å². The van der Waals surface area contributed by atoms with Crippen LogP contribution in [-0.2, 0) is 11.2 Å². The van der Waals surface area contributed by atoms with Gasteiger partial charge in [-0.15, -0.1) is 10.2 Å². The van der Waals surface area contributed by atoms with Gasteiger partial charge in [-0.3, -0.25) is 0 Å². The molecule has 1 saturated heterocycles. The van der Waals surface area contributed by atoms with Crippen LogP contribution in [0, 0.1) is 0 Å². The second-order valence-corrected chi connectivity index (χ2v) is 6.91. The lowest BCUT2D eigenvalue weighted by Crippen LogP contribution is -2.36. The zero-order valence-electron chi connectivity index (χ0n) is 11.5. The Morgan fingerprint density at radius 1 is 1.39 bits per heavy atom. The average molecular weight is 269 g/mol. The molecule has 0 radical (unpaired) electrons. The lowest BCUT2D eigenvalue weighted by molar-refractivity contribution is 0.111. The molecule has 1 aliphatic heterocycles. The van der Waals surface area contributed by atoms with Gasteiger partial charge in [0.1, 0.15) is 16.1 Å². The molecule has 0 aromatic carbocycles. The van der Waals surface area contributed by atoms with Crippen molar-refractivity contribution >= 4 is 11.3 Å². The van der Waals surface area contributed by atoms with Gasteiger partial charge in [-0.25, -0.2) is 0 Å². The third kappa shape index (κ3) is 4.30. The number of nitrogens with one attached hydrogen (secondary N) is 1. The summed E-state index contributed by atoms with van der Waals surface area (Å²) in [6, 6.07) is 0. The molecule has 5 heteroatoms. The lowest BCUT2D eigenvalue weighted by atomic mass is 10.1. The van der Waals surface area contributed by atoms with E-state index in [2.05, 4.69) is 36.3 Å². The molecule has 2 heterocycles. The molecule has 0 spiro atoms. The molecule has 1 aromatic rings. The summed E-state index contributed by atoms with van der Waals surface area (Å²) in [6.07, 6.45) is 4.57. The molecule has 0 bridgehead atoms. The highest BCUT2D eigenvalue weighted by Crippen LogP contribution is 2.30. The van der Waals surface area contributed by atoms with E-state index in [-0.39, 0.29) is 11.6 Å². The minimum atomic E-state index is 0.198. The number of nitrogens with zero attached hydrogens (tertiary/aromatic N) is 2.